The average Bonchev–Trinajstić information content (AvgIpc) is 3.29. The van der Waals surface area contributed by atoms with Crippen molar-refractivity contribution in [1.82, 2.24) is 26.1 Å². The molecule has 6 nitrogen and oxygen atoms in total. The Morgan fingerprint density at radius 2 is 2.31 bits per heavy atom. The van der Waals surface area contributed by atoms with E-state index in [0.29, 0.717) is 24.4 Å². The number of thiazole rings is 1. The first-order valence-electron chi connectivity index (χ1n) is 9.34. The number of rotatable bonds is 5. The lowest BCUT2D eigenvalue weighted by Crippen LogP contribution is -2.46. The summed E-state index contributed by atoms with van der Waals surface area (Å²) >= 11 is 1.62. The molecule has 7 heteroatoms. The summed E-state index contributed by atoms with van der Waals surface area (Å²) in [7, 11) is 0. The van der Waals surface area contributed by atoms with Crippen LogP contribution in [-0.2, 0) is 11.2 Å². The Bertz CT molecular complexity index is 749. The van der Waals surface area contributed by atoms with Gasteiger partial charge >= 0.3 is 0 Å². The van der Waals surface area contributed by atoms with Gasteiger partial charge in [0, 0.05) is 48.3 Å². The fourth-order valence-electron chi connectivity index (χ4n) is 4.00. The number of hydrogen-bond acceptors (Lipinski definition) is 6. The molecule has 138 valence electrons. The van der Waals surface area contributed by atoms with Crippen LogP contribution in [0.3, 0.4) is 0 Å². The molecule has 1 aliphatic heterocycles. The molecule has 1 aliphatic carbocycles. The van der Waals surface area contributed by atoms with Gasteiger partial charge in [-0.15, -0.1) is 11.3 Å². The van der Waals surface area contributed by atoms with E-state index >= 15 is 0 Å². The number of carbonyl (C=O) groups is 1. The quantitative estimate of drug-likeness (QED) is 0.751. The van der Waals surface area contributed by atoms with Crippen molar-refractivity contribution in [3.63, 3.8) is 0 Å². The summed E-state index contributed by atoms with van der Waals surface area (Å²) in [4.78, 5) is 21.4. The van der Waals surface area contributed by atoms with Crippen LogP contribution in [0.25, 0.3) is 10.6 Å². The van der Waals surface area contributed by atoms with Gasteiger partial charge in [0.25, 0.3) is 0 Å². The van der Waals surface area contributed by atoms with Crippen LogP contribution in [0.2, 0.25) is 0 Å². The molecule has 2 aliphatic rings. The zero-order valence-corrected chi connectivity index (χ0v) is 15.8. The third-order valence-corrected chi connectivity index (χ3v) is 6.38. The molecule has 0 aromatic carbocycles. The van der Waals surface area contributed by atoms with Crippen LogP contribution in [-0.4, -0.2) is 34.5 Å². The molecule has 2 aromatic heterocycles. The Labute approximate surface area is 157 Å². The van der Waals surface area contributed by atoms with Crippen LogP contribution in [0.4, 0.5) is 0 Å². The molecule has 3 heterocycles. The first kappa shape index (κ1) is 17.6. The number of hydrazine groups is 1. The van der Waals surface area contributed by atoms with E-state index in [1.54, 1.807) is 17.5 Å². The Morgan fingerprint density at radius 1 is 1.38 bits per heavy atom. The number of hydrogen-bond donors (Lipinski definition) is 3. The third kappa shape index (κ3) is 3.79. The molecule has 2 aromatic rings. The lowest BCUT2D eigenvalue weighted by molar-refractivity contribution is -0.124. The van der Waals surface area contributed by atoms with Crippen LogP contribution < -0.4 is 16.2 Å². The Morgan fingerprint density at radius 3 is 3.15 bits per heavy atom. The van der Waals surface area contributed by atoms with Crippen molar-refractivity contribution < 1.29 is 4.79 Å². The van der Waals surface area contributed by atoms with Crippen molar-refractivity contribution in [2.75, 3.05) is 6.54 Å². The minimum absolute atomic E-state index is 0.0989. The molecule has 4 atom stereocenters. The second-order valence-electron chi connectivity index (χ2n) is 7.38. The van der Waals surface area contributed by atoms with Gasteiger partial charge < -0.3 is 5.32 Å². The van der Waals surface area contributed by atoms with Gasteiger partial charge in [-0.2, -0.15) is 0 Å². The fourth-order valence-corrected chi connectivity index (χ4v) is 4.85. The Hall–Kier alpha value is -1.83. The first-order valence-corrected chi connectivity index (χ1v) is 10.2. The maximum Gasteiger partial charge on any atom is 0.238 e. The molecule has 0 radical (unpaired) electrons. The normalized spacial score (nSPS) is 27.9. The standard InChI is InChI=1S/C19H25N5OS/c1-12-4-5-16-15(9-12)17(24-23-16)18(25)21-8-6-14-11-26-19(22-14)13-3-2-7-20-10-13/h2-3,7,10-12,15-17,23-24H,4-6,8-9H2,1H3,(H,21,25). The molecular formula is C19H25N5OS. The summed E-state index contributed by atoms with van der Waals surface area (Å²) in [5.41, 5.74) is 8.57. The molecule has 4 rings (SSSR count). The molecule has 1 saturated heterocycles. The van der Waals surface area contributed by atoms with Gasteiger partial charge in [-0.05, 0) is 37.3 Å². The van der Waals surface area contributed by atoms with Crippen molar-refractivity contribution in [3.8, 4) is 10.6 Å². The maximum atomic E-state index is 12.6. The number of nitrogens with zero attached hydrogens (tertiary/aromatic N) is 2. The monoisotopic (exact) mass is 371 g/mol. The lowest BCUT2D eigenvalue weighted by atomic mass is 9.76. The second kappa shape index (κ2) is 7.82. The summed E-state index contributed by atoms with van der Waals surface area (Å²) in [6.45, 7) is 2.89. The predicted molar refractivity (Wildman–Crippen MR) is 102 cm³/mol. The molecule has 1 amide bonds. The summed E-state index contributed by atoms with van der Waals surface area (Å²) in [6.07, 6.45) is 7.84. The molecule has 26 heavy (non-hydrogen) atoms. The van der Waals surface area contributed by atoms with Gasteiger partial charge in [-0.25, -0.2) is 10.4 Å². The van der Waals surface area contributed by atoms with E-state index in [2.05, 4.69) is 38.4 Å². The highest BCUT2D eigenvalue weighted by molar-refractivity contribution is 7.13. The number of fused-ring (bicyclic) bond motifs is 1. The zero-order chi connectivity index (χ0) is 17.9. The van der Waals surface area contributed by atoms with Crippen molar-refractivity contribution >= 4 is 17.2 Å². The number of amides is 1. The largest absolute Gasteiger partial charge is 0.354 e. The van der Waals surface area contributed by atoms with E-state index in [-0.39, 0.29) is 11.9 Å². The second-order valence-corrected chi connectivity index (χ2v) is 8.24. The van der Waals surface area contributed by atoms with Gasteiger partial charge in [-0.3, -0.25) is 15.2 Å². The van der Waals surface area contributed by atoms with E-state index in [4.69, 9.17) is 0 Å². The SMILES string of the molecule is CC1CCC2NNC(C(=O)NCCc3csc(-c4cccnc4)n3)C2C1. The summed E-state index contributed by atoms with van der Waals surface area (Å²) in [5, 5.41) is 6.11. The summed E-state index contributed by atoms with van der Waals surface area (Å²) < 4.78 is 0. The Balaban J connectivity index is 1.28. The molecule has 2 fully saturated rings. The van der Waals surface area contributed by atoms with Crippen molar-refractivity contribution in [3.05, 3.63) is 35.6 Å². The minimum atomic E-state index is -0.121. The highest BCUT2D eigenvalue weighted by Gasteiger charge is 2.42. The highest BCUT2D eigenvalue weighted by atomic mass is 32.1. The van der Waals surface area contributed by atoms with E-state index in [1.807, 2.05) is 18.3 Å². The predicted octanol–water partition coefficient (Wildman–Crippen LogP) is 2.14. The number of pyridine rings is 1. The van der Waals surface area contributed by atoms with E-state index in [0.717, 1.165) is 35.5 Å². The van der Waals surface area contributed by atoms with Gasteiger partial charge in [0.05, 0.1) is 5.69 Å². The molecular weight excluding hydrogens is 346 g/mol. The number of nitrogens with one attached hydrogen (secondary N) is 3. The van der Waals surface area contributed by atoms with Crippen LogP contribution in [0, 0.1) is 11.8 Å². The Kier molecular flexibility index (Phi) is 5.28. The lowest BCUT2D eigenvalue weighted by Gasteiger charge is -2.30. The van der Waals surface area contributed by atoms with Crippen LogP contribution >= 0.6 is 11.3 Å². The van der Waals surface area contributed by atoms with Gasteiger partial charge in [0.2, 0.25) is 5.91 Å². The smallest absolute Gasteiger partial charge is 0.238 e. The van der Waals surface area contributed by atoms with Gasteiger partial charge in [0.15, 0.2) is 0 Å². The minimum Gasteiger partial charge on any atom is -0.354 e. The van der Waals surface area contributed by atoms with E-state index in [9.17, 15) is 4.79 Å². The molecule has 0 bridgehead atoms. The van der Waals surface area contributed by atoms with Gasteiger partial charge in [-0.1, -0.05) is 6.92 Å². The number of aromatic nitrogens is 2. The molecule has 0 spiro atoms. The third-order valence-electron chi connectivity index (χ3n) is 5.44. The molecule has 4 unspecified atom stereocenters. The van der Waals surface area contributed by atoms with Crippen molar-refractivity contribution in [2.24, 2.45) is 11.8 Å². The van der Waals surface area contributed by atoms with E-state index < -0.39 is 0 Å². The maximum absolute atomic E-state index is 12.6. The zero-order valence-electron chi connectivity index (χ0n) is 14.9. The topological polar surface area (TPSA) is 78.9 Å². The van der Waals surface area contributed by atoms with Gasteiger partial charge in [0.1, 0.15) is 11.0 Å². The fraction of sp³-hybridized carbons (Fsp3) is 0.526. The summed E-state index contributed by atoms with van der Waals surface area (Å²) in [6, 6.07) is 4.24. The van der Waals surface area contributed by atoms with Crippen molar-refractivity contribution in [2.45, 2.75) is 44.7 Å². The average molecular weight is 372 g/mol. The number of carbonyl (C=O) groups excluding carboxylic acids is 1. The van der Waals surface area contributed by atoms with E-state index in [1.165, 1.54) is 6.42 Å². The molecule has 1 saturated carbocycles. The summed E-state index contributed by atoms with van der Waals surface area (Å²) in [5.74, 6) is 1.20. The van der Waals surface area contributed by atoms with Crippen molar-refractivity contribution in [1.29, 1.82) is 0 Å². The van der Waals surface area contributed by atoms with Crippen LogP contribution in [0.1, 0.15) is 31.9 Å². The molecule has 3 N–H and O–H groups in total. The first-order chi connectivity index (χ1) is 12.7. The van der Waals surface area contributed by atoms with Crippen LogP contribution in [0.5, 0.6) is 0 Å². The van der Waals surface area contributed by atoms with Crippen LogP contribution in [0.15, 0.2) is 29.9 Å². The highest BCUT2D eigenvalue weighted by Crippen LogP contribution is 2.33.